The molecular formula is C26H25N. The van der Waals surface area contributed by atoms with Crippen LogP contribution in [0.4, 0.5) is 11.4 Å². The van der Waals surface area contributed by atoms with E-state index in [1.165, 1.54) is 27.5 Å². The summed E-state index contributed by atoms with van der Waals surface area (Å²) < 4.78 is 0. The van der Waals surface area contributed by atoms with Gasteiger partial charge >= 0.3 is 0 Å². The molecule has 0 fully saturated rings. The highest BCUT2D eigenvalue weighted by atomic mass is 14.9. The Labute approximate surface area is 161 Å². The van der Waals surface area contributed by atoms with Gasteiger partial charge in [-0.25, -0.2) is 0 Å². The first-order valence-electron chi connectivity index (χ1n) is 9.46. The van der Waals surface area contributed by atoms with Crippen LogP contribution in [0.2, 0.25) is 0 Å². The van der Waals surface area contributed by atoms with Gasteiger partial charge in [0.2, 0.25) is 0 Å². The molecule has 0 amide bonds. The Balaban J connectivity index is 1.57. The highest BCUT2D eigenvalue weighted by Gasteiger charge is 2.12. The van der Waals surface area contributed by atoms with Gasteiger partial charge in [0.15, 0.2) is 0 Å². The van der Waals surface area contributed by atoms with Gasteiger partial charge < -0.3 is 5.32 Å². The van der Waals surface area contributed by atoms with Crippen LogP contribution in [0.5, 0.6) is 0 Å². The van der Waals surface area contributed by atoms with E-state index in [2.05, 4.69) is 117 Å². The van der Waals surface area contributed by atoms with Gasteiger partial charge in [-0.05, 0) is 57.1 Å². The molecule has 0 aliphatic rings. The Kier molecular flexibility index (Phi) is 4.45. The summed E-state index contributed by atoms with van der Waals surface area (Å²) in [4.78, 5) is 0. The number of hydrogen-bond acceptors (Lipinski definition) is 1. The topological polar surface area (TPSA) is 12.0 Å². The summed E-state index contributed by atoms with van der Waals surface area (Å²) in [6.07, 6.45) is 0. The number of fused-ring (bicyclic) bond motifs is 1. The van der Waals surface area contributed by atoms with E-state index in [1.54, 1.807) is 0 Å². The number of nitrogens with one attached hydrogen (secondary N) is 1. The molecule has 1 nitrogen and oxygen atoms in total. The summed E-state index contributed by atoms with van der Waals surface area (Å²) in [5.74, 6) is 0. The van der Waals surface area contributed by atoms with Crippen LogP contribution >= 0.6 is 0 Å². The van der Waals surface area contributed by atoms with Crippen LogP contribution in [-0.2, 0) is 5.41 Å². The molecule has 0 atom stereocenters. The molecule has 4 aromatic rings. The van der Waals surface area contributed by atoms with E-state index in [9.17, 15) is 0 Å². The lowest BCUT2D eigenvalue weighted by Gasteiger charge is -2.19. The van der Waals surface area contributed by atoms with Crippen LogP contribution in [0, 0.1) is 0 Å². The van der Waals surface area contributed by atoms with Crippen molar-refractivity contribution in [1.29, 1.82) is 0 Å². The molecule has 0 radical (unpaired) electrons. The zero-order valence-electron chi connectivity index (χ0n) is 16.2. The maximum atomic E-state index is 3.50. The van der Waals surface area contributed by atoms with Gasteiger partial charge in [-0.2, -0.15) is 0 Å². The Bertz CT molecular complexity index is 1050. The smallest absolute Gasteiger partial charge is 0.0384 e. The van der Waals surface area contributed by atoms with Crippen molar-refractivity contribution in [3.8, 4) is 11.1 Å². The van der Waals surface area contributed by atoms with E-state index in [1.807, 2.05) is 0 Å². The van der Waals surface area contributed by atoms with Gasteiger partial charge in [0.1, 0.15) is 0 Å². The van der Waals surface area contributed by atoms with Crippen LogP contribution in [0.1, 0.15) is 26.3 Å². The van der Waals surface area contributed by atoms with Gasteiger partial charge in [0.05, 0.1) is 0 Å². The fraction of sp³-hybridized carbons (Fsp3) is 0.154. The quantitative estimate of drug-likeness (QED) is 0.402. The van der Waals surface area contributed by atoms with Crippen molar-refractivity contribution in [2.24, 2.45) is 0 Å². The second-order valence-corrected chi connectivity index (χ2v) is 8.06. The third kappa shape index (κ3) is 3.73. The fourth-order valence-corrected chi connectivity index (χ4v) is 3.43. The largest absolute Gasteiger partial charge is 0.356 e. The number of benzene rings is 4. The predicted octanol–water partition coefficient (Wildman–Crippen LogP) is 7.55. The molecule has 0 saturated carbocycles. The van der Waals surface area contributed by atoms with Crippen LogP contribution in [0.15, 0.2) is 91.0 Å². The van der Waals surface area contributed by atoms with E-state index in [-0.39, 0.29) is 5.41 Å². The molecule has 27 heavy (non-hydrogen) atoms. The number of anilines is 2. The summed E-state index contributed by atoms with van der Waals surface area (Å²) >= 11 is 0. The zero-order chi connectivity index (χ0) is 18.9. The average molecular weight is 351 g/mol. The van der Waals surface area contributed by atoms with Gasteiger partial charge in [-0.3, -0.25) is 0 Å². The molecule has 0 heterocycles. The van der Waals surface area contributed by atoms with E-state index < -0.39 is 0 Å². The molecule has 0 aliphatic heterocycles. The lowest BCUT2D eigenvalue weighted by Crippen LogP contribution is -2.10. The molecule has 0 unspecified atom stereocenters. The first-order valence-corrected chi connectivity index (χ1v) is 9.46. The molecule has 134 valence electrons. The van der Waals surface area contributed by atoms with Crippen LogP contribution in [-0.4, -0.2) is 0 Å². The summed E-state index contributed by atoms with van der Waals surface area (Å²) in [6, 6.07) is 32.4. The molecule has 0 saturated heterocycles. The lowest BCUT2D eigenvalue weighted by atomic mass is 9.87. The van der Waals surface area contributed by atoms with Crippen molar-refractivity contribution in [3.05, 3.63) is 96.6 Å². The van der Waals surface area contributed by atoms with Crippen molar-refractivity contribution >= 4 is 22.1 Å². The number of hydrogen-bond donors (Lipinski definition) is 1. The van der Waals surface area contributed by atoms with Crippen LogP contribution in [0.25, 0.3) is 21.9 Å². The van der Waals surface area contributed by atoms with Gasteiger partial charge in [-0.15, -0.1) is 0 Å². The molecule has 0 aromatic heterocycles. The highest BCUT2D eigenvalue weighted by molar-refractivity contribution is 5.96. The molecule has 4 aromatic carbocycles. The van der Waals surface area contributed by atoms with Gasteiger partial charge in [0, 0.05) is 11.4 Å². The normalized spacial score (nSPS) is 11.5. The molecular weight excluding hydrogens is 326 g/mol. The summed E-state index contributed by atoms with van der Waals surface area (Å²) in [7, 11) is 0. The molecule has 1 N–H and O–H groups in total. The minimum Gasteiger partial charge on any atom is -0.356 e. The molecule has 0 bridgehead atoms. The fourth-order valence-electron chi connectivity index (χ4n) is 3.43. The van der Waals surface area contributed by atoms with E-state index >= 15 is 0 Å². The van der Waals surface area contributed by atoms with Crippen molar-refractivity contribution in [3.63, 3.8) is 0 Å². The van der Waals surface area contributed by atoms with E-state index in [0.717, 1.165) is 11.4 Å². The molecule has 4 rings (SSSR count). The Morgan fingerprint density at radius 2 is 1.19 bits per heavy atom. The monoisotopic (exact) mass is 351 g/mol. The van der Waals surface area contributed by atoms with Crippen molar-refractivity contribution in [1.82, 2.24) is 0 Å². The van der Waals surface area contributed by atoms with E-state index in [4.69, 9.17) is 0 Å². The summed E-state index contributed by atoms with van der Waals surface area (Å²) in [5, 5.41) is 6.06. The van der Waals surface area contributed by atoms with Gasteiger partial charge in [0.25, 0.3) is 0 Å². The summed E-state index contributed by atoms with van der Waals surface area (Å²) in [5.41, 5.74) is 6.25. The third-order valence-electron chi connectivity index (χ3n) is 5.03. The van der Waals surface area contributed by atoms with E-state index in [0.29, 0.717) is 0 Å². The first kappa shape index (κ1) is 17.4. The number of rotatable bonds is 3. The molecule has 1 heteroatoms. The van der Waals surface area contributed by atoms with Crippen LogP contribution < -0.4 is 5.32 Å². The third-order valence-corrected chi connectivity index (χ3v) is 5.03. The Morgan fingerprint density at radius 3 is 1.85 bits per heavy atom. The molecule has 0 aliphatic carbocycles. The maximum Gasteiger partial charge on any atom is 0.0384 e. The Hall–Kier alpha value is -3.06. The highest BCUT2D eigenvalue weighted by Crippen LogP contribution is 2.30. The predicted molar refractivity (Wildman–Crippen MR) is 118 cm³/mol. The lowest BCUT2D eigenvalue weighted by molar-refractivity contribution is 0.590. The van der Waals surface area contributed by atoms with Crippen LogP contribution in [0.3, 0.4) is 0 Å². The summed E-state index contributed by atoms with van der Waals surface area (Å²) in [6.45, 7) is 6.71. The maximum absolute atomic E-state index is 3.50. The molecule has 0 spiro atoms. The Morgan fingerprint density at radius 1 is 0.593 bits per heavy atom. The SMILES string of the molecule is CC(C)(C)c1ccc(Nc2ccc(-c3cccc4ccccc34)cc2)cc1. The standard InChI is InChI=1S/C26H25N/c1-26(2,3)21-13-17-23(18-14-21)27-22-15-11-20(12-16-22)25-10-6-8-19-7-4-5-9-24(19)25/h4-18,27H,1-3H3. The average Bonchev–Trinajstić information content (AvgIpc) is 2.68. The van der Waals surface area contributed by atoms with Crippen molar-refractivity contribution < 1.29 is 0 Å². The van der Waals surface area contributed by atoms with Gasteiger partial charge in [-0.1, -0.05) is 87.5 Å². The van der Waals surface area contributed by atoms with Crippen molar-refractivity contribution in [2.45, 2.75) is 26.2 Å². The first-order chi connectivity index (χ1) is 13.0. The zero-order valence-corrected chi connectivity index (χ0v) is 16.2. The van der Waals surface area contributed by atoms with Crippen molar-refractivity contribution in [2.75, 3.05) is 5.32 Å². The minimum absolute atomic E-state index is 0.179. The second-order valence-electron chi connectivity index (χ2n) is 8.06. The second kappa shape index (κ2) is 6.92. The minimum atomic E-state index is 0.179.